The maximum Gasteiger partial charge on any atom is 0.119 e. The normalized spacial score (nSPS) is 19.3. The van der Waals surface area contributed by atoms with Crippen LogP contribution in [0.2, 0.25) is 0 Å². The molecule has 0 aromatic heterocycles. The fourth-order valence-electron chi connectivity index (χ4n) is 2.70. The topological polar surface area (TPSA) is 38.5 Å². The van der Waals surface area contributed by atoms with Crippen molar-refractivity contribution < 1.29 is 4.74 Å². The van der Waals surface area contributed by atoms with Gasteiger partial charge < -0.3 is 15.4 Å². The van der Waals surface area contributed by atoms with Gasteiger partial charge in [-0.25, -0.2) is 0 Å². The lowest BCUT2D eigenvalue weighted by Gasteiger charge is -2.33. The zero-order chi connectivity index (χ0) is 13.5. The molecule has 1 saturated heterocycles. The molecule has 2 N–H and O–H groups in total. The molecule has 1 aliphatic heterocycles. The standard InChI is InChI=1S/C16H26N2O/c1-14(17)15-8-11-18(12-9-15)10-5-13-19-16-6-3-2-4-7-16/h2-4,6-7,14-15H,5,8-13,17H2,1H3. The maximum absolute atomic E-state index is 5.96. The average molecular weight is 262 g/mol. The first kappa shape index (κ1) is 14.4. The van der Waals surface area contributed by atoms with Crippen LogP contribution in [0.15, 0.2) is 30.3 Å². The lowest BCUT2D eigenvalue weighted by Crippen LogP contribution is -2.40. The first-order valence-electron chi connectivity index (χ1n) is 7.41. The van der Waals surface area contributed by atoms with E-state index in [2.05, 4.69) is 11.8 Å². The SMILES string of the molecule is CC(N)C1CCN(CCCOc2ccccc2)CC1. The minimum atomic E-state index is 0.351. The zero-order valence-electron chi connectivity index (χ0n) is 11.9. The molecule has 106 valence electrons. The zero-order valence-corrected chi connectivity index (χ0v) is 11.9. The molecule has 1 fully saturated rings. The second kappa shape index (κ2) is 7.51. The Bertz CT molecular complexity index is 345. The van der Waals surface area contributed by atoms with Crippen molar-refractivity contribution in [2.24, 2.45) is 11.7 Å². The Balaban J connectivity index is 1.57. The van der Waals surface area contributed by atoms with Gasteiger partial charge in [-0.1, -0.05) is 18.2 Å². The van der Waals surface area contributed by atoms with Gasteiger partial charge in [0.05, 0.1) is 6.61 Å². The van der Waals surface area contributed by atoms with E-state index >= 15 is 0 Å². The fourth-order valence-corrected chi connectivity index (χ4v) is 2.70. The average Bonchev–Trinajstić information content (AvgIpc) is 2.45. The molecule has 1 aromatic carbocycles. The van der Waals surface area contributed by atoms with Crippen LogP contribution >= 0.6 is 0 Å². The summed E-state index contributed by atoms with van der Waals surface area (Å²) in [6, 6.07) is 10.4. The van der Waals surface area contributed by atoms with Crippen LogP contribution in [-0.2, 0) is 0 Å². The summed E-state index contributed by atoms with van der Waals surface area (Å²) in [6.07, 6.45) is 3.59. The van der Waals surface area contributed by atoms with Crippen molar-refractivity contribution in [1.82, 2.24) is 4.90 Å². The molecule has 1 unspecified atom stereocenters. The van der Waals surface area contributed by atoms with Gasteiger partial charge in [0.1, 0.15) is 5.75 Å². The predicted octanol–water partition coefficient (Wildman–Crippen LogP) is 2.51. The highest BCUT2D eigenvalue weighted by Crippen LogP contribution is 2.19. The fraction of sp³-hybridized carbons (Fsp3) is 0.625. The first-order chi connectivity index (χ1) is 9.25. The van der Waals surface area contributed by atoms with Gasteiger partial charge in [0.2, 0.25) is 0 Å². The van der Waals surface area contributed by atoms with E-state index in [9.17, 15) is 0 Å². The van der Waals surface area contributed by atoms with Crippen LogP contribution in [0.1, 0.15) is 26.2 Å². The van der Waals surface area contributed by atoms with Gasteiger partial charge in [0.25, 0.3) is 0 Å². The summed E-state index contributed by atoms with van der Waals surface area (Å²) in [7, 11) is 0. The van der Waals surface area contributed by atoms with Crippen molar-refractivity contribution in [2.45, 2.75) is 32.2 Å². The predicted molar refractivity (Wildman–Crippen MR) is 79.4 cm³/mol. The van der Waals surface area contributed by atoms with Crippen molar-refractivity contribution in [2.75, 3.05) is 26.2 Å². The Morgan fingerprint density at radius 2 is 1.95 bits per heavy atom. The Morgan fingerprint density at radius 3 is 2.58 bits per heavy atom. The van der Waals surface area contributed by atoms with Crippen molar-refractivity contribution in [3.63, 3.8) is 0 Å². The first-order valence-corrected chi connectivity index (χ1v) is 7.41. The van der Waals surface area contributed by atoms with Crippen LogP contribution in [0.3, 0.4) is 0 Å². The number of hydrogen-bond donors (Lipinski definition) is 1. The monoisotopic (exact) mass is 262 g/mol. The quantitative estimate of drug-likeness (QED) is 0.801. The molecule has 1 aromatic rings. The van der Waals surface area contributed by atoms with Gasteiger partial charge >= 0.3 is 0 Å². The van der Waals surface area contributed by atoms with Crippen molar-refractivity contribution in [3.05, 3.63) is 30.3 Å². The minimum Gasteiger partial charge on any atom is -0.494 e. The summed E-state index contributed by atoms with van der Waals surface area (Å²) >= 11 is 0. The van der Waals surface area contributed by atoms with Crippen molar-refractivity contribution in [1.29, 1.82) is 0 Å². The molecule has 0 aliphatic carbocycles. The Hall–Kier alpha value is -1.06. The van der Waals surface area contributed by atoms with E-state index in [1.807, 2.05) is 30.3 Å². The molecular formula is C16H26N2O. The summed E-state index contributed by atoms with van der Waals surface area (Å²) in [6.45, 7) is 6.46. The summed E-state index contributed by atoms with van der Waals surface area (Å²) in [5, 5.41) is 0. The third-order valence-corrected chi connectivity index (χ3v) is 4.01. The number of ether oxygens (including phenoxy) is 1. The van der Waals surface area contributed by atoms with Gasteiger partial charge in [0, 0.05) is 12.6 Å². The van der Waals surface area contributed by atoms with Crippen LogP contribution in [0.5, 0.6) is 5.75 Å². The molecule has 3 heteroatoms. The molecule has 1 atom stereocenters. The van der Waals surface area contributed by atoms with Gasteiger partial charge in [-0.15, -0.1) is 0 Å². The Labute approximate surface area is 116 Å². The smallest absolute Gasteiger partial charge is 0.119 e. The third-order valence-electron chi connectivity index (χ3n) is 4.01. The number of likely N-dealkylation sites (tertiary alicyclic amines) is 1. The van der Waals surface area contributed by atoms with Crippen LogP contribution in [0.25, 0.3) is 0 Å². The summed E-state index contributed by atoms with van der Waals surface area (Å²) < 4.78 is 5.71. The minimum absolute atomic E-state index is 0.351. The maximum atomic E-state index is 5.96. The summed E-state index contributed by atoms with van der Waals surface area (Å²) in [5.41, 5.74) is 5.96. The van der Waals surface area contributed by atoms with E-state index in [1.54, 1.807) is 0 Å². The lowest BCUT2D eigenvalue weighted by molar-refractivity contribution is 0.161. The van der Waals surface area contributed by atoms with Crippen LogP contribution in [0.4, 0.5) is 0 Å². The van der Waals surface area contributed by atoms with Gasteiger partial charge in [-0.05, 0) is 57.3 Å². The summed E-state index contributed by atoms with van der Waals surface area (Å²) in [5.74, 6) is 1.69. The van der Waals surface area contributed by atoms with E-state index in [-0.39, 0.29) is 0 Å². The van der Waals surface area contributed by atoms with Crippen LogP contribution in [0, 0.1) is 5.92 Å². The van der Waals surface area contributed by atoms with Gasteiger partial charge in [-0.2, -0.15) is 0 Å². The molecule has 3 nitrogen and oxygen atoms in total. The van der Waals surface area contributed by atoms with Crippen LogP contribution in [-0.4, -0.2) is 37.2 Å². The Kier molecular flexibility index (Phi) is 5.67. The molecule has 1 aliphatic rings. The van der Waals surface area contributed by atoms with E-state index < -0.39 is 0 Å². The molecule has 19 heavy (non-hydrogen) atoms. The molecule has 0 amide bonds. The number of benzene rings is 1. The van der Waals surface area contributed by atoms with Crippen LogP contribution < -0.4 is 10.5 Å². The van der Waals surface area contributed by atoms with E-state index in [0.29, 0.717) is 6.04 Å². The largest absolute Gasteiger partial charge is 0.494 e. The number of hydrogen-bond acceptors (Lipinski definition) is 3. The second-order valence-corrected chi connectivity index (χ2v) is 5.55. The van der Waals surface area contributed by atoms with Gasteiger partial charge in [0.15, 0.2) is 0 Å². The highest BCUT2D eigenvalue weighted by Gasteiger charge is 2.21. The van der Waals surface area contributed by atoms with E-state index in [4.69, 9.17) is 10.5 Å². The van der Waals surface area contributed by atoms with Gasteiger partial charge in [-0.3, -0.25) is 0 Å². The summed E-state index contributed by atoms with van der Waals surface area (Å²) in [4.78, 5) is 2.53. The highest BCUT2D eigenvalue weighted by atomic mass is 16.5. The third kappa shape index (κ3) is 4.84. The number of piperidine rings is 1. The second-order valence-electron chi connectivity index (χ2n) is 5.55. The number of rotatable bonds is 6. The Morgan fingerprint density at radius 1 is 1.26 bits per heavy atom. The molecule has 2 rings (SSSR count). The molecule has 1 heterocycles. The highest BCUT2D eigenvalue weighted by molar-refractivity contribution is 5.20. The van der Waals surface area contributed by atoms with Crippen molar-refractivity contribution >= 4 is 0 Å². The lowest BCUT2D eigenvalue weighted by atomic mass is 9.91. The number of para-hydroxylation sites is 1. The molecule has 0 saturated carbocycles. The molecular weight excluding hydrogens is 236 g/mol. The van der Waals surface area contributed by atoms with E-state index in [0.717, 1.165) is 31.2 Å². The van der Waals surface area contributed by atoms with Crippen molar-refractivity contribution in [3.8, 4) is 5.75 Å². The number of nitrogens with zero attached hydrogens (tertiary/aromatic N) is 1. The van der Waals surface area contributed by atoms with E-state index in [1.165, 1.54) is 25.9 Å². The molecule has 0 bridgehead atoms. The molecule has 0 radical (unpaired) electrons. The number of nitrogens with two attached hydrogens (primary N) is 1. The molecule has 0 spiro atoms.